The van der Waals surface area contributed by atoms with Crippen molar-refractivity contribution in [1.82, 2.24) is 0 Å². The maximum atomic E-state index is 13.1. The van der Waals surface area contributed by atoms with Crippen molar-refractivity contribution in [1.29, 1.82) is 0 Å². The molecule has 35 heavy (non-hydrogen) atoms. The number of anilines is 3. The summed E-state index contributed by atoms with van der Waals surface area (Å²) >= 11 is 12.4. The molecule has 0 saturated carbocycles. The number of rotatable bonds is 6. The van der Waals surface area contributed by atoms with Crippen LogP contribution in [0.15, 0.2) is 77.5 Å². The van der Waals surface area contributed by atoms with Gasteiger partial charge in [0.2, 0.25) is 0 Å². The van der Waals surface area contributed by atoms with Crippen molar-refractivity contribution in [2.45, 2.75) is 26.7 Å². The molecule has 0 atom stereocenters. The molecule has 1 heterocycles. The highest BCUT2D eigenvalue weighted by Crippen LogP contribution is 2.34. The van der Waals surface area contributed by atoms with Gasteiger partial charge in [0.15, 0.2) is 0 Å². The van der Waals surface area contributed by atoms with Gasteiger partial charge in [-0.05, 0) is 66.4 Å². The Bertz CT molecular complexity index is 1360. The second-order valence-electron chi connectivity index (χ2n) is 8.46. The maximum Gasteiger partial charge on any atom is 0.283 e. The number of hydrogen-bond acceptors (Lipinski definition) is 4. The van der Waals surface area contributed by atoms with Crippen molar-refractivity contribution in [3.05, 3.63) is 99.2 Å². The van der Waals surface area contributed by atoms with Crippen LogP contribution in [0, 0.1) is 6.92 Å². The predicted octanol–water partition coefficient (Wildman–Crippen LogP) is 6.46. The fourth-order valence-corrected chi connectivity index (χ4v) is 4.09. The van der Waals surface area contributed by atoms with Gasteiger partial charge in [0.25, 0.3) is 17.7 Å². The molecule has 3 aromatic carbocycles. The van der Waals surface area contributed by atoms with Crippen molar-refractivity contribution in [3.63, 3.8) is 0 Å². The molecule has 4 rings (SSSR count). The number of halogens is 2. The van der Waals surface area contributed by atoms with Gasteiger partial charge < -0.3 is 10.6 Å². The van der Waals surface area contributed by atoms with Crippen molar-refractivity contribution in [2.75, 3.05) is 15.5 Å². The lowest BCUT2D eigenvalue weighted by Crippen LogP contribution is -2.32. The zero-order valence-corrected chi connectivity index (χ0v) is 20.9. The summed E-state index contributed by atoms with van der Waals surface area (Å²) in [7, 11) is 0. The van der Waals surface area contributed by atoms with Crippen molar-refractivity contribution >= 4 is 58.0 Å². The van der Waals surface area contributed by atoms with E-state index in [1.54, 1.807) is 49.4 Å². The number of hydrogen-bond donors (Lipinski definition) is 2. The highest BCUT2D eigenvalue weighted by molar-refractivity contribution is 6.53. The summed E-state index contributed by atoms with van der Waals surface area (Å²) in [6, 6.07) is 19.2. The van der Waals surface area contributed by atoms with Crippen LogP contribution in [0.3, 0.4) is 0 Å². The van der Waals surface area contributed by atoms with E-state index in [1.165, 1.54) is 5.56 Å². The van der Waals surface area contributed by atoms with Crippen LogP contribution in [0.25, 0.3) is 0 Å². The highest BCUT2D eigenvalue weighted by Gasteiger charge is 2.39. The Balaban J connectivity index is 1.53. The van der Waals surface area contributed by atoms with Crippen LogP contribution in [-0.2, 0) is 9.59 Å². The Hall–Kier alpha value is -3.61. The number of benzene rings is 3. The minimum Gasteiger partial charge on any atom is -0.350 e. The van der Waals surface area contributed by atoms with Gasteiger partial charge in [-0.3, -0.25) is 14.4 Å². The molecule has 1 aliphatic heterocycles. The Morgan fingerprint density at radius 1 is 0.886 bits per heavy atom. The third kappa shape index (κ3) is 4.94. The summed E-state index contributed by atoms with van der Waals surface area (Å²) in [6.07, 6.45) is 0. The van der Waals surface area contributed by atoms with Crippen LogP contribution < -0.4 is 15.5 Å². The van der Waals surface area contributed by atoms with E-state index < -0.39 is 11.8 Å². The summed E-state index contributed by atoms with van der Waals surface area (Å²) in [5.41, 5.74) is 3.54. The lowest BCUT2D eigenvalue weighted by atomic mass is 10.0. The number of nitrogens with zero attached hydrogens (tertiary/aromatic N) is 1. The van der Waals surface area contributed by atoms with Crippen LogP contribution in [0.1, 0.15) is 41.3 Å². The predicted molar refractivity (Wildman–Crippen MR) is 140 cm³/mol. The van der Waals surface area contributed by atoms with Gasteiger partial charge in [-0.25, -0.2) is 4.90 Å². The molecule has 0 aromatic heterocycles. The first-order valence-corrected chi connectivity index (χ1v) is 11.7. The number of amides is 3. The quantitative estimate of drug-likeness (QED) is 0.375. The molecule has 0 spiro atoms. The SMILES string of the molecule is Cc1c(Cl)cccc1N1C(=O)C(Cl)=C(Nc2cccc(C(=O)Nc3ccc(C(C)C)cc3)c2)C1=O. The topological polar surface area (TPSA) is 78.5 Å². The zero-order valence-electron chi connectivity index (χ0n) is 19.4. The molecule has 6 nitrogen and oxygen atoms in total. The van der Waals surface area contributed by atoms with Crippen molar-refractivity contribution < 1.29 is 14.4 Å². The monoisotopic (exact) mass is 507 g/mol. The summed E-state index contributed by atoms with van der Waals surface area (Å²) < 4.78 is 0. The molecular weight excluding hydrogens is 485 g/mol. The van der Waals surface area contributed by atoms with E-state index in [-0.39, 0.29) is 16.6 Å². The van der Waals surface area contributed by atoms with E-state index in [9.17, 15) is 14.4 Å². The molecule has 0 saturated heterocycles. The smallest absolute Gasteiger partial charge is 0.283 e. The summed E-state index contributed by atoms with van der Waals surface area (Å²) in [4.78, 5) is 39.7. The number of carbonyl (C=O) groups excluding carboxylic acids is 3. The lowest BCUT2D eigenvalue weighted by Gasteiger charge is -2.18. The van der Waals surface area contributed by atoms with E-state index in [2.05, 4.69) is 24.5 Å². The van der Waals surface area contributed by atoms with Gasteiger partial charge in [0, 0.05) is 22.0 Å². The van der Waals surface area contributed by atoms with E-state index in [0.29, 0.717) is 39.1 Å². The third-order valence-corrected chi connectivity index (χ3v) is 6.50. The van der Waals surface area contributed by atoms with Crippen LogP contribution >= 0.6 is 23.2 Å². The third-order valence-electron chi connectivity index (χ3n) is 5.74. The summed E-state index contributed by atoms with van der Waals surface area (Å²) in [5, 5.41) is 5.96. The van der Waals surface area contributed by atoms with Gasteiger partial charge in [0.1, 0.15) is 10.7 Å². The Morgan fingerprint density at radius 3 is 2.26 bits per heavy atom. The fraction of sp³-hybridized carbons (Fsp3) is 0.148. The highest BCUT2D eigenvalue weighted by atomic mass is 35.5. The molecule has 178 valence electrons. The minimum atomic E-state index is -0.650. The molecule has 3 amide bonds. The first kappa shape index (κ1) is 24.5. The standard InChI is InChI=1S/C27H23Cl2N3O3/c1-15(2)17-10-12-19(13-11-17)31-25(33)18-6-4-7-20(14-18)30-24-23(29)26(34)32(27(24)35)22-9-5-8-21(28)16(22)3/h4-15,30H,1-3H3,(H,31,33). The summed E-state index contributed by atoms with van der Waals surface area (Å²) in [5.74, 6) is -1.17. The van der Waals surface area contributed by atoms with Gasteiger partial charge in [-0.2, -0.15) is 0 Å². The van der Waals surface area contributed by atoms with E-state index in [0.717, 1.165) is 4.90 Å². The average Bonchev–Trinajstić information content (AvgIpc) is 3.04. The maximum absolute atomic E-state index is 13.1. The molecule has 0 fully saturated rings. The minimum absolute atomic E-state index is 0.0714. The number of carbonyl (C=O) groups is 3. The molecular formula is C27H23Cl2N3O3. The number of imide groups is 1. The average molecular weight is 508 g/mol. The molecule has 0 aliphatic carbocycles. The summed E-state index contributed by atoms with van der Waals surface area (Å²) in [6.45, 7) is 5.92. The van der Waals surface area contributed by atoms with Crippen LogP contribution in [0.2, 0.25) is 5.02 Å². The molecule has 8 heteroatoms. The van der Waals surface area contributed by atoms with Crippen molar-refractivity contribution in [3.8, 4) is 0 Å². The van der Waals surface area contributed by atoms with Gasteiger partial charge >= 0.3 is 0 Å². The van der Waals surface area contributed by atoms with Gasteiger partial charge in [0.05, 0.1) is 5.69 Å². The normalized spacial score (nSPS) is 13.6. The second-order valence-corrected chi connectivity index (χ2v) is 9.24. The van der Waals surface area contributed by atoms with Gasteiger partial charge in [-0.1, -0.05) is 61.3 Å². The zero-order chi connectivity index (χ0) is 25.3. The molecule has 0 radical (unpaired) electrons. The molecule has 1 aliphatic rings. The lowest BCUT2D eigenvalue weighted by molar-refractivity contribution is -0.120. The molecule has 0 unspecified atom stereocenters. The Labute approximate surface area is 213 Å². The largest absolute Gasteiger partial charge is 0.350 e. The molecule has 3 aromatic rings. The second kappa shape index (κ2) is 9.94. The first-order chi connectivity index (χ1) is 16.7. The van der Waals surface area contributed by atoms with Crippen LogP contribution in [0.5, 0.6) is 0 Å². The fourth-order valence-electron chi connectivity index (χ4n) is 3.71. The van der Waals surface area contributed by atoms with E-state index in [4.69, 9.17) is 23.2 Å². The first-order valence-electron chi connectivity index (χ1n) is 11.0. The van der Waals surface area contributed by atoms with Gasteiger partial charge in [-0.15, -0.1) is 0 Å². The Kier molecular flexibility index (Phi) is 6.96. The van der Waals surface area contributed by atoms with Crippen LogP contribution in [-0.4, -0.2) is 17.7 Å². The van der Waals surface area contributed by atoms with Crippen molar-refractivity contribution in [2.24, 2.45) is 0 Å². The molecule has 2 N–H and O–H groups in total. The number of nitrogens with one attached hydrogen (secondary N) is 2. The van der Waals surface area contributed by atoms with E-state index in [1.807, 2.05) is 24.3 Å². The van der Waals surface area contributed by atoms with E-state index >= 15 is 0 Å². The van der Waals surface area contributed by atoms with Crippen LogP contribution in [0.4, 0.5) is 17.1 Å². The Morgan fingerprint density at radius 2 is 1.57 bits per heavy atom. The molecule has 0 bridgehead atoms.